The van der Waals surface area contributed by atoms with Gasteiger partial charge in [0, 0.05) is 13.5 Å². The van der Waals surface area contributed by atoms with Crippen LogP contribution >= 0.6 is 0 Å². The number of hydrogen-bond donors (Lipinski definition) is 1. The summed E-state index contributed by atoms with van der Waals surface area (Å²) < 4.78 is 4.87. The standard InChI is InChI=1S/C14H20N2O3/c1-3-19-14(17)6-4-5-12-7-9-13(10-8-12)15-11-16(2)18/h7-11,18H,3-6H2,1-2H3. The Morgan fingerprint density at radius 3 is 2.68 bits per heavy atom. The van der Waals surface area contributed by atoms with Crippen molar-refractivity contribution in [3.8, 4) is 0 Å². The minimum atomic E-state index is -0.144. The lowest BCUT2D eigenvalue weighted by Gasteiger charge is -2.03. The maximum Gasteiger partial charge on any atom is 0.305 e. The Morgan fingerprint density at radius 1 is 1.42 bits per heavy atom. The topological polar surface area (TPSA) is 62.1 Å². The molecule has 0 saturated carbocycles. The molecule has 0 fully saturated rings. The van der Waals surface area contributed by atoms with Gasteiger partial charge in [-0.2, -0.15) is 0 Å². The van der Waals surface area contributed by atoms with E-state index in [-0.39, 0.29) is 5.97 Å². The molecule has 0 aromatic heterocycles. The Hall–Kier alpha value is -1.88. The van der Waals surface area contributed by atoms with Gasteiger partial charge in [-0.15, -0.1) is 0 Å². The van der Waals surface area contributed by atoms with E-state index in [2.05, 4.69) is 4.99 Å². The van der Waals surface area contributed by atoms with E-state index in [9.17, 15) is 4.79 Å². The summed E-state index contributed by atoms with van der Waals surface area (Å²) in [5.41, 5.74) is 1.93. The number of ether oxygens (including phenoxy) is 1. The van der Waals surface area contributed by atoms with Crippen LogP contribution in [-0.4, -0.2) is 36.2 Å². The first-order valence-electron chi connectivity index (χ1n) is 6.32. The molecule has 1 N–H and O–H groups in total. The quantitative estimate of drug-likeness (QED) is 0.356. The van der Waals surface area contributed by atoms with Gasteiger partial charge in [0.25, 0.3) is 0 Å². The van der Waals surface area contributed by atoms with Gasteiger partial charge in [0.1, 0.15) is 6.34 Å². The molecule has 0 bridgehead atoms. The molecule has 1 aromatic rings. The van der Waals surface area contributed by atoms with E-state index in [1.807, 2.05) is 24.3 Å². The molecule has 0 amide bonds. The second-order valence-electron chi connectivity index (χ2n) is 4.14. The van der Waals surface area contributed by atoms with Gasteiger partial charge in [0.05, 0.1) is 12.3 Å². The van der Waals surface area contributed by atoms with Crippen LogP contribution in [0.5, 0.6) is 0 Å². The van der Waals surface area contributed by atoms with Crippen LogP contribution in [0.3, 0.4) is 0 Å². The van der Waals surface area contributed by atoms with Gasteiger partial charge in [-0.3, -0.25) is 10.0 Å². The van der Waals surface area contributed by atoms with Gasteiger partial charge < -0.3 is 4.74 Å². The Bertz CT molecular complexity index is 413. The van der Waals surface area contributed by atoms with Gasteiger partial charge in [-0.05, 0) is 37.5 Å². The Kier molecular flexibility index (Phi) is 6.60. The van der Waals surface area contributed by atoms with Crippen LogP contribution in [0.1, 0.15) is 25.3 Å². The second kappa shape index (κ2) is 8.26. The lowest BCUT2D eigenvalue weighted by Crippen LogP contribution is -2.08. The van der Waals surface area contributed by atoms with E-state index >= 15 is 0 Å². The Morgan fingerprint density at radius 2 is 2.11 bits per heavy atom. The van der Waals surface area contributed by atoms with Crippen LogP contribution in [0.25, 0.3) is 0 Å². The molecule has 0 unspecified atom stereocenters. The van der Waals surface area contributed by atoms with Crippen molar-refractivity contribution in [2.45, 2.75) is 26.2 Å². The predicted molar refractivity (Wildman–Crippen MR) is 73.7 cm³/mol. The molecule has 0 heterocycles. The molecular weight excluding hydrogens is 244 g/mol. The maximum atomic E-state index is 11.2. The molecular formula is C14H20N2O3. The van der Waals surface area contributed by atoms with E-state index in [1.165, 1.54) is 13.4 Å². The van der Waals surface area contributed by atoms with Crippen LogP contribution in [-0.2, 0) is 16.0 Å². The van der Waals surface area contributed by atoms with E-state index in [1.54, 1.807) is 6.92 Å². The fraction of sp³-hybridized carbons (Fsp3) is 0.429. The van der Waals surface area contributed by atoms with E-state index < -0.39 is 0 Å². The first kappa shape index (κ1) is 15.2. The Balaban J connectivity index is 2.38. The number of hydrogen-bond acceptors (Lipinski definition) is 4. The minimum absolute atomic E-state index is 0.144. The molecule has 0 aliphatic heterocycles. The average molecular weight is 264 g/mol. The summed E-state index contributed by atoms with van der Waals surface area (Å²) in [6.07, 6.45) is 3.39. The lowest BCUT2D eigenvalue weighted by atomic mass is 10.1. The number of rotatable bonds is 7. The highest BCUT2D eigenvalue weighted by Crippen LogP contribution is 2.14. The van der Waals surface area contributed by atoms with Crippen molar-refractivity contribution < 1.29 is 14.7 Å². The second-order valence-corrected chi connectivity index (χ2v) is 4.14. The SMILES string of the molecule is CCOC(=O)CCCc1ccc(N=CN(C)O)cc1. The van der Waals surface area contributed by atoms with E-state index in [0.717, 1.165) is 29.2 Å². The molecule has 0 aliphatic carbocycles. The molecule has 1 aromatic carbocycles. The number of carbonyl (C=O) groups excluding carboxylic acids is 1. The first-order valence-corrected chi connectivity index (χ1v) is 6.32. The number of hydroxylamine groups is 2. The molecule has 1 rings (SSSR count). The maximum absolute atomic E-state index is 11.2. The van der Waals surface area contributed by atoms with Gasteiger partial charge in [0.15, 0.2) is 0 Å². The number of aliphatic imine (C=N–C) groups is 1. The zero-order valence-corrected chi connectivity index (χ0v) is 11.4. The van der Waals surface area contributed by atoms with Crippen molar-refractivity contribution in [2.24, 2.45) is 4.99 Å². The summed E-state index contributed by atoms with van der Waals surface area (Å²) in [4.78, 5) is 15.2. The van der Waals surface area contributed by atoms with Crippen molar-refractivity contribution in [3.63, 3.8) is 0 Å². The van der Waals surface area contributed by atoms with Crippen molar-refractivity contribution in [2.75, 3.05) is 13.7 Å². The van der Waals surface area contributed by atoms with Crippen molar-refractivity contribution in [1.29, 1.82) is 0 Å². The highest BCUT2D eigenvalue weighted by molar-refractivity contribution is 5.69. The van der Waals surface area contributed by atoms with Gasteiger partial charge in [-0.25, -0.2) is 10.1 Å². The highest BCUT2D eigenvalue weighted by Gasteiger charge is 2.01. The molecule has 19 heavy (non-hydrogen) atoms. The summed E-state index contributed by atoms with van der Waals surface area (Å²) >= 11 is 0. The molecule has 104 valence electrons. The first-order chi connectivity index (χ1) is 9.11. The number of benzene rings is 1. The van der Waals surface area contributed by atoms with Gasteiger partial charge >= 0.3 is 5.97 Å². The molecule has 0 spiro atoms. The van der Waals surface area contributed by atoms with Gasteiger partial charge in [-0.1, -0.05) is 12.1 Å². The normalized spacial score (nSPS) is 10.7. The number of aryl methyl sites for hydroxylation is 1. The van der Waals surface area contributed by atoms with Gasteiger partial charge in [0.2, 0.25) is 0 Å². The van der Waals surface area contributed by atoms with Crippen molar-refractivity contribution in [1.82, 2.24) is 5.06 Å². The fourth-order valence-corrected chi connectivity index (χ4v) is 1.57. The van der Waals surface area contributed by atoms with Crippen molar-refractivity contribution >= 4 is 18.0 Å². The zero-order chi connectivity index (χ0) is 14.1. The van der Waals surface area contributed by atoms with Crippen LogP contribution in [0.15, 0.2) is 29.3 Å². The third-order valence-corrected chi connectivity index (χ3v) is 2.46. The summed E-state index contributed by atoms with van der Waals surface area (Å²) in [7, 11) is 1.49. The summed E-state index contributed by atoms with van der Waals surface area (Å²) in [6.45, 7) is 2.24. The monoisotopic (exact) mass is 264 g/mol. The van der Waals surface area contributed by atoms with Crippen molar-refractivity contribution in [3.05, 3.63) is 29.8 Å². The van der Waals surface area contributed by atoms with Crippen LogP contribution < -0.4 is 0 Å². The molecule has 5 heteroatoms. The number of carbonyl (C=O) groups is 1. The van der Waals surface area contributed by atoms with Crippen LogP contribution in [0.4, 0.5) is 5.69 Å². The fourth-order valence-electron chi connectivity index (χ4n) is 1.57. The number of esters is 1. The van der Waals surface area contributed by atoms with E-state index in [4.69, 9.17) is 9.94 Å². The van der Waals surface area contributed by atoms with E-state index in [0.29, 0.717) is 13.0 Å². The molecule has 0 saturated heterocycles. The Labute approximate surface area is 113 Å². The molecule has 0 radical (unpaired) electrons. The smallest absolute Gasteiger partial charge is 0.305 e. The lowest BCUT2D eigenvalue weighted by molar-refractivity contribution is -0.143. The predicted octanol–water partition coefficient (Wildman–Crippen LogP) is 2.55. The molecule has 5 nitrogen and oxygen atoms in total. The third kappa shape index (κ3) is 6.57. The summed E-state index contributed by atoms with van der Waals surface area (Å²) in [6, 6.07) is 7.68. The average Bonchev–Trinajstić information content (AvgIpc) is 2.38. The minimum Gasteiger partial charge on any atom is -0.466 e. The highest BCUT2D eigenvalue weighted by atomic mass is 16.5. The summed E-state index contributed by atoms with van der Waals surface area (Å²) in [5, 5.41) is 9.82. The number of nitrogens with zero attached hydrogens (tertiary/aromatic N) is 2. The van der Waals surface area contributed by atoms with Crippen LogP contribution in [0, 0.1) is 0 Å². The van der Waals surface area contributed by atoms with Crippen LogP contribution in [0.2, 0.25) is 0 Å². The molecule has 0 aliphatic rings. The largest absolute Gasteiger partial charge is 0.466 e. The third-order valence-electron chi connectivity index (χ3n) is 2.46. The zero-order valence-electron chi connectivity index (χ0n) is 11.4. The molecule has 0 atom stereocenters. The summed E-state index contributed by atoms with van der Waals surface area (Å²) in [5.74, 6) is -0.144.